The van der Waals surface area contributed by atoms with Gasteiger partial charge in [0.2, 0.25) is 5.91 Å². The molecular weight excluding hydrogens is 250 g/mol. The van der Waals surface area contributed by atoms with Gasteiger partial charge in [-0.1, -0.05) is 24.3 Å². The molecule has 0 radical (unpaired) electrons. The second-order valence-electron chi connectivity index (χ2n) is 4.98. The maximum Gasteiger partial charge on any atom is 0.248 e. The summed E-state index contributed by atoms with van der Waals surface area (Å²) in [6.45, 7) is 1.62. The second kappa shape index (κ2) is 6.21. The highest BCUT2D eigenvalue weighted by molar-refractivity contribution is 5.92. The summed E-state index contributed by atoms with van der Waals surface area (Å²) in [5.74, 6) is -0.398. The Kier molecular flexibility index (Phi) is 4.38. The molecular formula is C16H19N3O. The van der Waals surface area contributed by atoms with Crippen LogP contribution in [0.25, 0.3) is 0 Å². The van der Waals surface area contributed by atoms with Gasteiger partial charge in [-0.05, 0) is 42.4 Å². The van der Waals surface area contributed by atoms with Crippen molar-refractivity contribution >= 4 is 11.6 Å². The van der Waals surface area contributed by atoms with E-state index in [4.69, 9.17) is 11.5 Å². The molecule has 4 N–H and O–H groups in total. The van der Waals surface area contributed by atoms with Gasteiger partial charge in [0.15, 0.2) is 0 Å². The average Bonchev–Trinajstić information content (AvgIpc) is 2.39. The highest BCUT2D eigenvalue weighted by Crippen LogP contribution is 2.11. The molecule has 0 saturated heterocycles. The van der Waals surface area contributed by atoms with Crippen molar-refractivity contribution in [3.63, 3.8) is 0 Å². The van der Waals surface area contributed by atoms with Crippen LogP contribution in [0.4, 0.5) is 5.69 Å². The van der Waals surface area contributed by atoms with Crippen molar-refractivity contribution < 1.29 is 4.79 Å². The second-order valence-corrected chi connectivity index (χ2v) is 4.98. The highest BCUT2D eigenvalue weighted by Gasteiger charge is 2.04. The summed E-state index contributed by atoms with van der Waals surface area (Å²) < 4.78 is 0. The molecule has 0 aliphatic carbocycles. The van der Waals surface area contributed by atoms with Gasteiger partial charge in [-0.2, -0.15) is 0 Å². The zero-order valence-electron chi connectivity index (χ0n) is 11.5. The summed E-state index contributed by atoms with van der Waals surface area (Å²) in [5, 5.41) is 0. The topological polar surface area (TPSA) is 72.3 Å². The lowest BCUT2D eigenvalue weighted by molar-refractivity contribution is 0.100. The van der Waals surface area contributed by atoms with E-state index in [-0.39, 0.29) is 0 Å². The lowest BCUT2D eigenvalue weighted by Crippen LogP contribution is -2.17. The minimum atomic E-state index is -0.398. The van der Waals surface area contributed by atoms with E-state index in [0.717, 1.165) is 24.3 Å². The molecule has 0 heterocycles. The third-order valence-electron chi connectivity index (χ3n) is 3.09. The molecule has 4 heteroatoms. The van der Waals surface area contributed by atoms with Crippen LogP contribution in [0.3, 0.4) is 0 Å². The first kappa shape index (κ1) is 14.1. The summed E-state index contributed by atoms with van der Waals surface area (Å²) >= 11 is 0. The monoisotopic (exact) mass is 269 g/mol. The van der Waals surface area contributed by atoms with Crippen LogP contribution >= 0.6 is 0 Å². The molecule has 1 amide bonds. The molecule has 2 rings (SSSR count). The highest BCUT2D eigenvalue weighted by atomic mass is 16.1. The lowest BCUT2D eigenvalue weighted by Gasteiger charge is -2.17. The molecule has 104 valence electrons. The number of hydrogen-bond acceptors (Lipinski definition) is 3. The van der Waals surface area contributed by atoms with E-state index in [1.807, 2.05) is 37.4 Å². The number of nitrogen functional groups attached to an aromatic ring is 1. The van der Waals surface area contributed by atoms with Gasteiger partial charge in [-0.3, -0.25) is 9.69 Å². The van der Waals surface area contributed by atoms with Crippen molar-refractivity contribution in [2.24, 2.45) is 5.73 Å². The Balaban J connectivity index is 1.97. The third kappa shape index (κ3) is 3.83. The number of nitrogens with zero attached hydrogens (tertiary/aromatic N) is 1. The fraction of sp³-hybridized carbons (Fsp3) is 0.188. The van der Waals surface area contributed by atoms with Crippen LogP contribution in [0, 0.1) is 0 Å². The summed E-state index contributed by atoms with van der Waals surface area (Å²) in [5.41, 5.74) is 14.6. The van der Waals surface area contributed by atoms with Gasteiger partial charge in [-0.25, -0.2) is 0 Å². The summed E-state index contributed by atoms with van der Waals surface area (Å²) in [6.07, 6.45) is 0. The van der Waals surface area contributed by atoms with E-state index >= 15 is 0 Å². The van der Waals surface area contributed by atoms with Crippen molar-refractivity contribution in [2.45, 2.75) is 13.1 Å². The zero-order chi connectivity index (χ0) is 14.5. The number of nitrogens with two attached hydrogens (primary N) is 2. The lowest BCUT2D eigenvalue weighted by atomic mass is 10.1. The van der Waals surface area contributed by atoms with Crippen molar-refractivity contribution in [3.8, 4) is 0 Å². The Bertz CT molecular complexity index is 593. The van der Waals surface area contributed by atoms with Gasteiger partial charge in [0.25, 0.3) is 0 Å². The molecule has 0 aliphatic heterocycles. The van der Waals surface area contributed by atoms with Gasteiger partial charge < -0.3 is 11.5 Å². The molecule has 0 bridgehead atoms. The van der Waals surface area contributed by atoms with E-state index in [2.05, 4.69) is 11.0 Å². The van der Waals surface area contributed by atoms with Crippen LogP contribution < -0.4 is 11.5 Å². The third-order valence-corrected chi connectivity index (χ3v) is 3.09. The first-order valence-corrected chi connectivity index (χ1v) is 6.46. The van der Waals surface area contributed by atoms with Crippen LogP contribution in [0.2, 0.25) is 0 Å². The predicted octanol–water partition coefficient (Wildman–Crippen LogP) is 2.00. The van der Waals surface area contributed by atoms with E-state index in [9.17, 15) is 4.79 Å². The number of primary amides is 1. The van der Waals surface area contributed by atoms with E-state index in [0.29, 0.717) is 5.56 Å². The summed E-state index contributed by atoms with van der Waals surface area (Å²) in [6, 6.07) is 15.2. The number of carbonyl (C=O) groups is 1. The van der Waals surface area contributed by atoms with Crippen LogP contribution in [0.1, 0.15) is 21.5 Å². The van der Waals surface area contributed by atoms with Crippen molar-refractivity contribution in [1.29, 1.82) is 0 Å². The molecule has 0 aromatic heterocycles. The van der Waals surface area contributed by atoms with Crippen LogP contribution in [-0.2, 0) is 13.1 Å². The minimum absolute atomic E-state index is 0.398. The minimum Gasteiger partial charge on any atom is -0.399 e. The molecule has 0 unspecified atom stereocenters. The largest absolute Gasteiger partial charge is 0.399 e. The number of anilines is 1. The molecule has 20 heavy (non-hydrogen) atoms. The van der Waals surface area contributed by atoms with Crippen molar-refractivity contribution in [1.82, 2.24) is 4.90 Å². The molecule has 0 spiro atoms. The Morgan fingerprint density at radius 2 is 1.70 bits per heavy atom. The fourth-order valence-corrected chi connectivity index (χ4v) is 2.15. The quantitative estimate of drug-likeness (QED) is 0.815. The first-order chi connectivity index (χ1) is 9.54. The maximum atomic E-state index is 11.0. The fourth-order valence-electron chi connectivity index (χ4n) is 2.15. The van der Waals surface area contributed by atoms with Crippen molar-refractivity contribution in [3.05, 3.63) is 65.2 Å². The maximum absolute atomic E-state index is 11.0. The van der Waals surface area contributed by atoms with E-state index in [1.165, 1.54) is 5.56 Å². The predicted molar refractivity (Wildman–Crippen MR) is 81.0 cm³/mol. The normalized spacial score (nSPS) is 10.7. The molecule has 0 aliphatic rings. The number of benzene rings is 2. The number of rotatable bonds is 5. The van der Waals surface area contributed by atoms with E-state index in [1.54, 1.807) is 12.1 Å². The summed E-state index contributed by atoms with van der Waals surface area (Å²) in [7, 11) is 2.05. The van der Waals surface area contributed by atoms with E-state index < -0.39 is 5.91 Å². The molecule has 2 aromatic carbocycles. The smallest absolute Gasteiger partial charge is 0.248 e. The molecule has 4 nitrogen and oxygen atoms in total. The number of amides is 1. The first-order valence-electron chi connectivity index (χ1n) is 6.46. The SMILES string of the molecule is CN(Cc1ccc(C(N)=O)cc1)Cc1cccc(N)c1. The average molecular weight is 269 g/mol. The molecule has 2 aromatic rings. The number of carbonyl (C=O) groups excluding carboxylic acids is 1. The molecule has 0 saturated carbocycles. The zero-order valence-corrected chi connectivity index (χ0v) is 11.5. The van der Waals surface area contributed by atoms with Crippen LogP contribution in [-0.4, -0.2) is 17.9 Å². The van der Waals surface area contributed by atoms with Gasteiger partial charge in [0, 0.05) is 24.3 Å². The molecule has 0 atom stereocenters. The Hall–Kier alpha value is -2.33. The standard InChI is InChI=1S/C16H19N3O/c1-19(11-13-3-2-4-15(17)9-13)10-12-5-7-14(8-6-12)16(18)20/h2-9H,10-11,17H2,1H3,(H2,18,20). The van der Waals surface area contributed by atoms with Gasteiger partial charge in [-0.15, -0.1) is 0 Å². The van der Waals surface area contributed by atoms with Crippen molar-refractivity contribution in [2.75, 3.05) is 12.8 Å². The van der Waals surface area contributed by atoms with Gasteiger partial charge in [0.05, 0.1) is 0 Å². The Labute approximate surface area is 119 Å². The molecule has 0 fully saturated rings. The van der Waals surface area contributed by atoms with Crippen LogP contribution in [0.15, 0.2) is 48.5 Å². The Morgan fingerprint density at radius 3 is 2.30 bits per heavy atom. The Morgan fingerprint density at radius 1 is 1.05 bits per heavy atom. The summed E-state index contributed by atoms with van der Waals surface area (Å²) in [4.78, 5) is 13.2. The van der Waals surface area contributed by atoms with Gasteiger partial charge >= 0.3 is 0 Å². The van der Waals surface area contributed by atoms with Gasteiger partial charge in [0.1, 0.15) is 0 Å². The number of hydrogen-bond donors (Lipinski definition) is 2. The van der Waals surface area contributed by atoms with Crippen LogP contribution in [0.5, 0.6) is 0 Å².